The van der Waals surface area contributed by atoms with Gasteiger partial charge in [-0.25, -0.2) is 17.6 Å². The number of ether oxygens (including phenoxy) is 1. The van der Waals surface area contributed by atoms with Crippen molar-refractivity contribution in [2.24, 2.45) is 0 Å². The van der Waals surface area contributed by atoms with E-state index in [-0.39, 0.29) is 47.9 Å². The van der Waals surface area contributed by atoms with Crippen molar-refractivity contribution in [1.82, 2.24) is 9.88 Å². The quantitative estimate of drug-likeness (QED) is 0.249. The largest absolute Gasteiger partial charge is 0.488 e. The van der Waals surface area contributed by atoms with Gasteiger partial charge in [-0.15, -0.1) is 0 Å². The molecule has 2 heterocycles. The van der Waals surface area contributed by atoms with Gasteiger partial charge in [0.25, 0.3) is 11.5 Å². The van der Waals surface area contributed by atoms with Crippen molar-refractivity contribution in [1.29, 1.82) is 0 Å². The first-order valence-corrected chi connectivity index (χ1v) is 12.1. The maximum atomic E-state index is 15.0. The number of amides is 2. The molecule has 0 radical (unpaired) electrons. The molecule has 5 rings (SSSR count). The Bertz CT molecular complexity index is 1650. The molecule has 4 aromatic rings. The van der Waals surface area contributed by atoms with Crippen LogP contribution < -0.4 is 20.9 Å². The van der Waals surface area contributed by atoms with Gasteiger partial charge < -0.3 is 19.9 Å². The molecule has 7 nitrogen and oxygen atoms in total. The fourth-order valence-electron chi connectivity index (χ4n) is 4.40. The van der Waals surface area contributed by atoms with E-state index < -0.39 is 40.8 Å². The first-order chi connectivity index (χ1) is 19.2. The molecule has 0 fully saturated rings. The summed E-state index contributed by atoms with van der Waals surface area (Å²) in [5.74, 6) is -6.31. The van der Waals surface area contributed by atoms with Gasteiger partial charge >= 0.3 is 0 Å². The summed E-state index contributed by atoms with van der Waals surface area (Å²) in [6.07, 6.45) is 1.21. The number of halogens is 4. The molecule has 2 N–H and O–H groups in total. The van der Waals surface area contributed by atoms with Gasteiger partial charge in [0.05, 0.1) is 19.0 Å². The first kappa shape index (κ1) is 26.7. The number of rotatable bonds is 8. The van der Waals surface area contributed by atoms with E-state index in [1.54, 1.807) is 30.3 Å². The molecule has 0 bridgehead atoms. The molecule has 40 heavy (non-hydrogen) atoms. The number of aromatic nitrogens is 1. The molecule has 1 aliphatic rings. The predicted molar refractivity (Wildman–Crippen MR) is 137 cm³/mol. The first-order valence-electron chi connectivity index (χ1n) is 12.1. The number of fused-ring (bicyclic) bond motifs is 1. The number of carbonyl (C=O) groups is 2. The minimum Gasteiger partial charge on any atom is -0.488 e. The van der Waals surface area contributed by atoms with E-state index in [0.717, 1.165) is 16.7 Å². The van der Waals surface area contributed by atoms with E-state index in [9.17, 15) is 31.9 Å². The smallest absolute Gasteiger partial charge is 0.263 e. The van der Waals surface area contributed by atoms with E-state index in [1.165, 1.54) is 30.5 Å². The number of hydrogen-bond acceptors (Lipinski definition) is 4. The molecule has 1 atom stereocenters. The lowest BCUT2D eigenvalue weighted by Crippen LogP contribution is -2.37. The number of hydrogen-bond donors (Lipinski definition) is 2. The van der Waals surface area contributed by atoms with E-state index in [0.29, 0.717) is 11.3 Å². The van der Waals surface area contributed by atoms with E-state index in [4.69, 9.17) is 4.74 Å². The average molecular weight is 551 g/mol. The van der Waals surface area contributed by atoms with Crippen molar-refractivity contribution >= 4 is 17.5 Å². The fraction of sp³-hybridized carbons (Fsp3) is 0.138. The van der Waals surface area contributed by atoms with E-state index in [1.807, 2.05) is 0 Å². The molecular weight excluding hydrogens is 530 g/mol. The van der Waals surface area contributed by atoms with Crippen LogP contribution in [0.1, 0.15) is 33.1 Å². The van der Waals surface area contributed by atoms with Crippen molar-refractivity contribution in [3.63, 3.8) is 0 Å². The second-order valence-corrected chi connectivity index (χ2v) is 9.10. The number of benzene rings is 3. The molecule has 0 aliphatic carbocycles. The molecule has 0 spiro atoms. The van der Waals surface area contributed by atoms with Crippen LogP contribution in [0.4, 0.5) is 23.2 Å². The lowest BCUT2D eigenvalue weighted by molar-refractivity contribution is -0.115. The Morgan fingerprint density at radius 1 is 0.950 bits per heavy atom. The SMILES string of the molecule is O=C1Cc2c(ccc(OC[C@H](NC(=O)c3cccn(Cc4cc(F)c(F)c(F)c4)c3=O)c3ccccc3)c2F)N1. The average Bonchev–Trinajstić information content (AvgIpc) is 3.33. The highest BCUT2D eigenvalue weighted by Gasteiger charge is 2.25. The minimum atomic E-state index is -1.62. The minimum absolute atomic E-state index is 0.0140. The van der Waals surface area contributed by atoms with Crippen LogP contribution >= 0.6 is 0 Å². The second kappa shape index (κ2) is 11.0. The van der Waals surface area contributed by atoms with Crippen LogP contribution in [0.25, 0.3) is 0 Å². The molecule has 0 unspecified atom stereocenters. The van der Waals surface area contributed by atoms with Gasteiger partial charge in [-0.1, -0.05) is 30.3 Å². The van der Waals surface area contributed by atoms with E-state index in [2.05, 4.69) is 10.6 Å². The third-order valence-electron chi connectivity index (χ3n) is 6.39. The topological polar surface area (TPSA) is 89.4 Å². The third kappa shape index (κ3) is 5.44. The lowest BCUT2D eigenvalue weighted by Gasteiger charge is -2.20. The van der Waals surface area contributed by atoms with Gasteiger partial charge in [0.2, 0.25) is 5.91 Å². The Morgan fingerprint density at radius 3 is 2.40 bits per heavy atom. The molecule has 1 aromatic heterocycles. The van der Waals surface area contributed by atoms with Crippen molar-refractivity contribution < 1.29 is 31.9 Å². The number of anilines is 1. The van der Waals surface area contributed by atoms with Crippen molar-refractivity contribution in [2.45, 2.75) is 19.0 Å². The van der Waals surface area contributed by atoms with Crippen LogP contribution in [0.5, 0.6) is 5.75 Å². The summed E-state index contributed by atoms with van der Waals surface area (Å²) in [6.45, 7) is -0.518. The fourth-order valence-corrected chi connectivity index (χ4v) is 4.40. The van der Waals surface area contributed by atoms with Crippen LogP contribution in [0, 0.1) is 23.3 Å². The zero-order chi connectivity index (χ0) is 28.4. The van der Waals surface area contributed by atoms with Crippen LogP contribution in [0.15, 0.2) is 77.7 Å². The lowest BCUT2D eigenvalue weighted by atomic mass is 10.1. The summed E-state index contributed by atoms with van der Waals surface area (Å²) in [7, 11) is 0. The summed E-state index contributed by atoms with van der Waals surface area (Å²) in [4.78, 5) is 37.9. The van der Waals surface area contributed by atoms with Crippen molar-refractivity contribution in [3.8, 4) is 5.75 Å². The molecule has 1 aliphatic heterocycles. The molecule has 2 amide bonds. The van der Waals surface area contributed by atoms with Crippen molar-refractivity contribution in [3.05, 3.63) is 129 Å². The summed E-state index contributed by atoms with van der Waals surface area (Å²) >= 11 is 0. The van der Waals surface area contributed by atoms with Crippen molar-refractivity contribution in [2.75, 3.05) is 11.9 Å². The highest BCUT2D eigenvalue weighted by Crippen LogP contribution is 2.32. The van der Waals surface area contributed by atoms with Crippen LogP contribution in [0.3, 0.4) is 0 Å². The van der Waals surface area contributed by atoms with Gasteiger partial charge in [-0.05, 0) is 47.5 Å². The van der Waals surface area contributed by atoms with Gasteiger partial charge in [0.1, 0.15) is 12.2 Å². The Balaban J connectivity index is 1.37. The normalized spacial score (nSPS) is 12.9. The Labute approximate surface area is 225 Å². The molecule has 11 heteroatoms. The van der Waals surface area contributed by atoms with Gasteiger partial charge in [0, 0.05) is 17.4 Å². The van der Waals surface area contributed by atoms with Gasteiger partial charge in [0.15, 0.2) is 29.0 Å². The predicted octanol–water partition coefficient (Wildman–Crippen LogP) is 4.50. The maximum absolute atomic E-state index is 15.0. The Kier molecular flexibility index (Phi) is 7.37. The second-order valence-electron chi connectivity index (χ2n) is 9.10. The zero-order valence-corrected chi connectivity index (χ0v) is 20.7. The standard InChI is InChI=1S/C29H21F4N3O4/c30-20-11-16(12-21(31)27(20)33)14-36-10-4-7-18(29(36)39)28(38)35-23(17-5-2-1-3-6-17)15-40-24-9-8-22-19(26(24)32)13-25(37)34-22/h1-12,23H,13-15H2,(H,34,37)(H,35,38)/t23-/m0/s1. The van der Waals surface area contributed by atoms with Crippen LogP contribution in [0.2, 0.25) is 0 Å². The summed E-state index contributed by atoms with van der Waals surface area (Å²) < 4.78 is 62.3. The third-order valence-corrected chi connectivity index (χ3v) is 6.39. The molecule has 0 saturated heterocycles. The van der Waals surface area contributed by atoms with Gasteiger partial charge in [-0.3, -0.25) is 14.4 Å². The number of carbonyl (C=O) groups excluding carboxylic acids is 2. The molecule has 3 aromatic carbocycles. The Morgan fingerprint density at radius 2 is 1.68 bits per heavy atom. The van der Waals surface area contributed by atoms with Gasteiger partial charge in [-0.2, -0.15) is 0 Å². The summed E-state index contributed by atoms with van der Waals surface area (Å²) in [5.41, 5.74) is 0.143. The number of pyridine rings is 1. The molecular formula is C29H21F4N3O4. The molecule has 0 saturated carbocycles. The highest BCUT2D eigenvalue weighted by molar-refractivity contribution is 5.99. The maximum Gasteiger partial charge on any atom is 0.263 e. The monoisotopic (exact) mass is 551 g/mol. The van der Waals surface area contributed by atoms with Crippen LogP contribution in [-0.2, 0) is 17.8 Å². The number of nitrogens with one attached hydrogen (secondary N) is 2. The Hall–Kier alpha value is -4.93. The summed E-state index contributed by atoms with van der Waals surface area (Å²) in [5, 5.41) is 5.28. The van der Waals surface area contributed by atoms with Crippen LogP contribution in [-0.4, -0.2) is 23.0 Å². The summed E-state index contributed by atoms with van der Waals surface area (Å²) in [6, 6.07) is 15.0. The molecule has 204 valence electrons. The number of nitrogens with zero attached hydrogens (tertiary/aromatic N) is 1. The zero-order valence-electron chi connectivity index (χ0n) is 20.7. The van der Waals surface area contributed by atoms with E-state index >= 15 is 0 Å². The highest BCUT2D eigenvalue weighted by atomic mass is 19.2.